The van der Waals surface area contributed by atoms with Gasteiger partial charge in [-0.1, -0.05) is 0 Å². The number of aliphatic carboxylic acids is 8. The number of carbonyl (C=O) groups is 10. The molecule has 0 spiro atoms. The van der Waals surface area contributed by atoms with Gasteiger partial charge in [0, 0.05) is 110 Å². The van der Waals surface area contributed by atoms with Crippen LogP contribution in [0.3, 0.4) is 0 Å². The van der Waals surface area contributed by atoms with Crippen molar-refractivity contribution in [3.63, 3.8) is 0 Å². The number of amides is 2. The Bertz CT molecular complexity index is 798. The van der Waals surface area contributed by atoms with Crippen LogP contribution in [-0.2, 0) is 131 Å². The first-order chi connectivity index (χ1) is 23.1. The van der Waals surface area contributed by atoms with E-state index in [1.807, 2.05) is 0 Å². The van der Waals surface area contributed by atoms with Crippen molar-refractivity contribution in [1.29, 1.82) is 0 Å². The van der Waals surface area contributed by atoms with Crippen LogP contribution in [0.15, 0.2) is 0 Å². The van der Waals surface area contributed by atoms with E-state index in [9.17, 15) is 9.59 Å². The molecule has 2 aliphatic rings. The summed E-state index contributed by atoms with van der Waals surface area (Å²) in [4.78, 5) is 108. The van der Waals surface area contributed by atoms with Gasteiger partial charge < -0.3 is 171 Å². The molecule has 17 N–H and O–H groups in total. The fourth-order valence-corrected chi connectivity index (χ4v) is 1.13. The van der Waals surface area contributed by atoms with Crippen LogP contribution in [0.4, 0.5) is 0 Å². The van der Waals surface area contributed by atoms with Gasteiger partial charge in [-0.05, 0) is 54.4 Å². The second-order valence-corrected chi connectivity index (χ2v) is 7.34. The molecule has 0 aliphatic carbocycles. The van der Waals surface area contributed by atoms with Gasteiger partial charge in [-0.15, -0.1) is 0 Å². The SMILES string of the molecule is CC(=O)O.CC(=O)O.CC(=O)[O-].CC(=O)[O-].CC(=O)[O-].CC(=O)[O-].CC(=O)[O-].CC(=O)[O-].O.O.O=C1CCCN1.O=C1CCCN1.O=[N+]([O-])[O-].O=[N+]([O-])[O-].[Ce+4].[Ce+4].[Ce+4].[Mn].[Mn].[O-2].[O-2].[O-2].[O-2].[O-2].[O-2].[OH3+].[OH3+].[OH3+]. The molecule has 44 heteroatoms. The van der Waals surface area contributed by atoms with Gasteiger partial charge in [0.25, 0.3) is 11.9 Å². The van der Waals surface area contributed by atoms with Crippen molar-refractivity contribution in [2.75, 3.05) is 13.1 Å². The third kappa shape index (κ3) is 1800. The summed E-state index contributed by atoms with van der Waals surface area (Å²) in [5.41, 5.74) is 0. The van der Waals surface area contributed by atoms with Crippen molar-refractivity contribution in [3.8, 4) is 0 Å². The fraction of sp³-hybridized carbons (Fsp3) is 0.583. The summed E-state index contributed by atoms with van der Waals surface area (Å²) in [6.45, 7) is 9.78. The molecule has 2 rings (SSSR count). The van der Waals surface area contributed by atoms with E-state index in [4.69, 9.17) is 110 Å². The molecule has 2 heterocycles. The molecule has 2 aliphatic heterocycles. The van der Waals surface area contributed by atoms with Crippen molar-refractivity contribution < 1.29 is 319 Å². The van der Waals surface area contributed by atoms with Crippen molar-refractivity contribution in [2.24, 2.45) is 0 Å². The van der Waals surface area contributed by atoms with Crippen LogP contribution in [0.25, 0.3) is 0 Å². The summed E-state index contributed by atoms with van der Waals surface area (Å²) in [6, 6.07) is 0. The van der Waals surface area contributed by atoms with Gasteiger partial charge in [-0.25, -0.2) is 0 Å². The number of nitrogens with one attached hydrogen (secondary N) is 2. The third-order valence-electron chi connectivity index (χ3n) is 1.81. The minimum absolute atomic E-state index is 0. The van der Waals surface area contributed by atoms with Gasteiger partial charge in [0.05, 0.1) is 10.2 Å². The molecule has 2 amide bonds. The molecular formula is C24H53Ce3Mn2N4O35-5. The average molecular weight is 1490 g/mol. The van der Waals surface area contributed by atoms with Gasteiger partial charge in [0.1, 0.15) is 0 Å². The first-order valence-electron chi connectivity index (χ1n) is 12.7. The van der Waals surface area contributed by atoms with Crippen LogP contribution in [-0.4, -0.2) is 104 Å². The Morgan fingerprint density at radius 3 is 0.515 bits per heavy atom. The van der Waals surface area contributed by atoms with E-state index in [1.165, 1.54) is 0 Å². The molecule has 0 aromatic rings. The molecule has 0 aromatic heterocycles. The molecule has 0 bridgehead atoms. The summed E-state index contributed by atoms with van der Waals surface area (Å²) in [7, 11) is 0. The zero-order valence-corrected chi connectivity index (χ0v) is 48.2. The van der Waals surface area contributed by atoms with Crippen LogP contribution < -0.4 is 41.3 Å². The van der Waals surface area contributed by atoms with Crippen LogP contribution in [0.2, 0.25) is 0 Å². The van der Waals surface area contributed by atoms with Gasteiger partial charge in [-0.2, -0.15) is 0 Å². The number of nitrogens with zero attached hydrogens (tertiary/aromatic N) is 2. The summed E-state index contributed by atoms with van der Waals surface area (Å²) < 4.78 is 0. The molecule has 0 saturated carbocycles. The number of carboxylic acids is 8. The maximum absolute atomic E-state index is 10.1. The molecule has 2 radical (unpaired) electrons. The zero-order valence-electron chi connectivity index (χ0n) is 36.5. The first-order valence-corrected chi connectivity index (χ1v) is 12.7. The number of rotatable bonds is 0. The molecule has 0 unspecified atom stereocenters. The summed E-state index contributed by atoms with van der Waals surface area (Å²) in [5, 5.41) is 103. The molecule has 410 valence electrons. The van der Waals surface area contributed by atoms with E-state index in [2.05, 4.69) is 10.6 Å². The monoisotopic (exact) mass is 1490 g/mol. The summed E-state index contributed by atoms with van der Waals surface area (Å²) >= 11 is 0. The van der Waals surface area contributed by atoms with Crippen molar-refractivity contribution in [1.82, 2.24) is 10.6 Å². The number of hydrogen-bond donors (Lipinski definition) is 4. The normalized spacial score (nSPS) is 7.35. The summed E-state index contributed by atoms with van der Waals surface area (Å²) in [5.74, 6) is -7.76. The van der Waals surface area contributed by atoms with E-state index in [1.54, 1.807) is 0 Å². The van der Waals surface area contributed by atoms with E-state index in [-0.39, 0.29) is 231 Å². The fourth-order valence-electron chi connectivity index (χ4n) is 1.13. The van der Waals surface area contributed by atoms with E-state index >= 15 is 0 Å². The minimum Gasteiger partial charge on any atom is -2.00 e. The van der Waals surface area contributed by atoms with E-state index < -0.39 is 57.9 Å². The molecule has 0 aromatic carbocycles. The molecule has 2 saturated heterocycles. The maximum atomic E-state index is 10.1. The number of carbonyl (C=O) groups excluding carboxylic acids is 8. The standard InChI is InChI=1S/2C4H7NO.8C2H4O2.3Ce.2Mn.2NO3.5H2O.6O/c2*6-4-2-1-3-5-4;8*1-2(3)4;;;;;;2*2-1(3)4;;;;;;;;;;;/h2*1-3H2,(H,5,6);8*1H3,(H,3,4);;;;;;;;5*1H2;;;;;;/q;;;;;;;;;;3*+4;;;2*-1;;;;;;6*-2/p-3. The van der Waals surface area contributed by atoms with Gasteiger partial charge in [-0.3, -0.25) is 19.2 Å². The van der Waals surface area contributed by atoms with Crippen molar-refractivity contribution in [3.05, 3.63) is 30.6 Å². The zero-order chi connectivity index (χ0) is 44.6. The Kier molecular flexibility index (Phi) is 387. The van der Waals surface area contributed by atoms with Crippen LogP contribution >= 0.6 is 0 Å². The van der Waals surface area contributed by atoms with Gasteiger partial charge in [0.2, 0.25) is 11.8 Å². The van der Waals surface area contributed by atoms with Crippen LogP contribution in [0, 0.1) is 156 Å². The second-order valence-electron chi connectivity index (χ2n) is 7.34. The summed E-state index contributed by atoms with van der Waals surface area (Å²) in [6.07, 6.45) is 3.53. The predicted octanol–water partition coefficient (Wildman–Crippen LogP) is -13.1. The van der Waals surface area contributed by atoms with Crippen LogP contribution in [0.1, 0.15) is 81.1 Å². The topological polar surface area (TPSA) is 839 Å². The van der Waals surface area contributed by atoms with Crippen molar-refractivity contribution >= 4 is 59.6 Å². The molecule has 2 fully saturated rings. The van der Waals surface area contributed by atoms with Crippen LogP contribution in [0.5, 0.6) is 0 Å². The Hall–Kier alpha value is -2.17. The van der Waals surface area contributed by atoms with E-state index in [0.717, 1.165) is 94.2 Å². The molecular weight excluding hydrogens is 1430 g/mol. The average Bonchev–Trinajstić information content (AvgIpc) is 3.49. The first kappa shape index (κ1) is 174. The van der Waals surface area contributed by atoms with Crippen molar-refractivity contribution in [2.45, 2.75) is 81.1 Å². The quantitative estimate of drug-likeness (QED) is 0.0757. The minimum atomic E-state index is -1.75. The molecule has 39 nitrogen and oxygen atoms in total. The maximum Gasteiger partial charge on any atom is 4.00 e. The second kappa shape index (κ2) is 151. The van der Waals surface area contributed by atoms with Gasteiger partial charge in [0.15, 0.2) is 0 Å². The van der Waals surface area contributed by atoms with Gasteiger partial charge >= 0.3 is 125 Å². The smallest absolute Gasteiger partial charge is 2.00 e. The number of hydrogen-bond acceptors (Lipinski definition) is 22. The Labute approximate surface area is 507 Å². The Balaban J connectivity index is -0.0000000116. The third-order valence-corrected chi connectivity index (χ3v) is 1.81. The number of carboxylic acid groups (broad SMARTS) is 8. The Morgan fingerprint density at radius 2 is 0.500 bits per heavy atom. The van der Waals surface area contributed by atoms with E-state index in [0.29, 0.717) is 0 Å². The molecule has 68 heavy (non-hydrogen) atoms. The Morgan fingerprint density at radius 1 is 0.426 bits per heavy atom. The predicted molar refractivity (Wildman–Crippen MR) is 182 cm³/mol. The largest absolute Gasteiger partial charge is 4.00 e. The molecule has 0 atom stereocenters.